The summed E-state index contributed by atoms with van der Waals surface area (Å²) in [6.07, 6.45) is -0.553. The molecule has 148 valence electrons. The predicted octanol–water partition coefficient (Wildman–Crippen LogP) is 5.61. The van der Waals surface area contributed by atoms with E-state index in [4.69, 9.17) is 4.74 Å². The molecule has 0 saturated heterocycles. The number of hydrogen-bond donors (Lipinski definition) is 2. The summed E-state index contributed by atoms with van der Waals surface area (Å²) in [6.45, 7) is 2.18. The van der Waals surface area contributed by atoms with Gasteiger partial charge in [0.1, 0.15) is 18.2 Å². The molecule has 1 heterocycles. The number of aromatic nitrogens is 1. The Morgan fingerprint density at radius 3 is 2.37 bits per heavy atom. The molecule has 5 nitrogen and oxygen atoms in total. The first-order valence-electron chi connectivity index (χ1n) is 9.82. The zero-order valence-corrected chi connectivity index (χ0v) is 16.4. The van der Waals surface area contributed by atoms with Gasteiger partial charge >= 0.3 is 6.09 Å². The molecule has 1 amide bonds. The molecular weight excluding hydrogens is 376 g/mol. The third-order valence-electron chi connectivity index (χ3n) is 5.57. The molecule has 1 aromatic heterocycles. The van der Waals surface area contributed by atoms with Gasteiger partial charge in [-0.3, -0.25) is 5.32 Å². The van der Waals surface area contributed by atoms with Gasteiger partial charge in [0.05, 0.1) is 5.52 Å². The van der Waals surface area contributed by atoms with Crippen LogP contribution >= 0.6 is 0 Å². The van der Waals surface area contributed by atoms with Crippen LogP contribution in [-0.4, -0.2) is 22.8 Å². The number of pyridine rings is 1. The number of aromatic hydroxyl groups is 1. The van der Waals surface area contributed by atoms with Crippen molar-refractivity contribution in [3.05, 3.63) is 89.5 Å². The van der Waals surface area contributed by atoms with Gasteiger partial charge in [-0.05, 0) is 52.9 Å². The molecule has 0 atom stereocenters. The van der Waals surface area contributed by atoms with Gasteiger partial charge in [0.15, 0.2) is 0 Å². The SMILES string of the molecule is Cc1cc(NC(=O)OCC2c3ccccc3-c3ccccc32)nc2cc(O)ccc12. The Bertz CT molecular complexity index is 1240. The smallest absolute Gasteiger partial charge is 0.412 e. The molecule has 0 spiro atoms. The molecule has 5 rings (SSSR count). The van der Waals surface area contributed by atoms with Crippen molar-refractivity contribution in [2.75, 3.05) is 11.9 Å². The average Bonchev–Trinajstić information content (AvgIpc) is 3.06. The summed E-state index contributed by atoms with van der Waals surface area (Å²) in [5.41, 5.74) is 6.28. The number of benzene rings is 3. The van der Waals surface area contributed by atoms with Crippen molar-refractivity contribution in [2.45, 2.75) is 12.8 Å². The maximum Gasteiger partial charge on any atom is 0.412 e. The summed E-state index contributed by atoms with van der Waals surface area (Å²) in [7, 11) is 0. The van der Waals surface area contributed by atoms with E-state index >= 15 is 0 Å². The van der Waals surface area contributed by atoms with E-state index in [1.165, 1.54) is 22.3 Å². The van der Waals surface area contributed by atoms with Crippen molar-refractivity contribution in [1.82, 2.24) is 4.98 Å². The summed E-state index contributed by atoms with van der Waals surface area (Å²) >= 11 is 0. The number of amides is 1. The fourth-order valence-corrected chi connectivity index (χ4v) is 4.19. The molecular formula is C25H20N2O3. The second-order valence-corrected chi connectivity index (χ2v) is 7.48. The Morgan fingerprint density at radius 2 is 1.67 bits per heavy atom. The number of hydrogen-bond acceptors (Lipinski definition) is 4. The van der Waals surface area contributed by atoms with E-state index in [2.05, 4.69) is 34.6 Å². The Kier molecular flexibility index (Phi) is 4.36. The highest BCUT2D eigenvalue weighted by Gasteiger charge is 2.29. The lowest BCUT2D eigenvalue weighted by Gasteiger charge is -2.15. The minimum Gasteiger partial charge on any atom is -0.508 e. The lowest BCUT2D eigenvalue weighted by atomic mass is 9.98. The van der Waals surface area contributed by atoms with Gasteiger partial charge in [-0.2, -0.15) is 0 Å². The van der Waals surface area contributed by atoms with Crippen LogP contribution in [0, 0.1) is 6.92 Å². The molecule has 0 fully saturated rings. The number of ether oxygens (including phenoxy) is 1. The van der Waals surface area contributed by atoms with Crippen molar-refractivity contribution < 1.29 is 14.6 Å². The molecule has 5 heteroatoms. The minimum absolute atomic E-state index is 0.00592. The molecule has 0 aliphatic heterocycles. The molecule has 2 N–H and O–H groups in total. The summed E-state index contributed by atoms with van der Waals surface area (Å²) in [6, 6.07) is 23.2. The van der Waals surface area contributed by atoms with Crippen molar-refractivity contribution in [3.63, 3.8) is 0 Å². The summed E-state index contributed by atoms with van der Waals surface area (Å²) in [5, 5.41) is 13.3. The summed E-state index contributed by atoms with van der Waals surface area (Å²) < 4.78 is 5.58. The highest BCUT2D eigenvalue weighted by Crippen LogP contribution is 2.44. The number of phenolic OH excluding ortho intramolecular Hbond substituents is 1. The molecule has 0 bridgehead atoms. The number of anilines is 1. The van der Waals surface area contributed by atoms with E-state index in [-0.39, 0.29) is 18.3 Å². The largest absolute Gasteiger partial charge is 0.508 e. The van der Waals surface area contributed by atoms with Gasteiger partial charge in [0.25, 0.3) is 0 Å². The van der Waals surface area contributed by atoms with E-state index < -0.39 is 6.09 Å². The van der Waals surface area contributed by atoms with Gasteiger partial charge in [-0.1, -0.05) is 48.5 Å². The van der Waals surface area contributed by atoms with E-state index in [1.807, 2.05) is 37.3 Å². The van der Waals surface area contributed by atoms with Crippen LogP contribution in [0.5, 0.6) is 5.75 Å². The van der Waals surface area contributed by atoms with Crippen molar-refractivity contribution in [2.24, 2.45) is 0 Å². The number of rotatable bonds is 3. The Morgan fingerprint density at radius 1 is 1.00 bits per heavy atom. The number of fused-ring (bicyclic) bond motifs is 4. The van der Waals surface area contributed by atoms with Crippen LogP contribution in [0.3, 0.4) is 0 Å². The van der Waals surface area contributed by atoms with Crippen molar-refractivity contribution in [1.29, 1.82) is 0 Å². The summed E-state index contributed by atoms with van der Waals surface area (Å²) in [4.78, 5) is 16.9. The molecule has 0 unspecified atom stereocenters. The van der Waals surface area contributed by atoms with Gasteiger partial charge in [-0.15, -0.1) is 0 Å². The topological polar surface area (TPSA) is 71.5 Å². The van der Waals surface area contributed by atoms with Gasteiger partial charge in [0, 0.05) is 17.4 Å². The Hall–Kier alpha value is -3.86. The Balaban J connectivity index is 1.34. The first kappa shape index (κ1) is 18.2. The van der Waals surface area contributed by atoms with E-state index in [0.29, 0.717) is 11.3 Å². The van der Waals surface area contributed by atoms with E-state index in [0.717, 1.165) is 10.9 Å². The number of carbonyl (C=O) groups excluding carboxylic acids is 1. The zero-order valence-electron chi connectivity index (χ0n) is 16.4. The lowest BCUT2D eigenvalue weighted by molar-refractivity contribution is 0.158. The van der Waals surface area contributed by atoms with Crippen LogP contribution in [0.2, 0.25) is 0 Å². The highest BCUT2D eigenvalue weighted by molar-refractivity contribution is 5.89. The lowest BCUT2D eigenvalue weighted by Crippen LogP contribution is -2.18. The molecule has 0 radical (unpaired) electrons. The number of nitrogens with zero attached hydrogens (tertiary/aromatic N) is 1. The quantitative estimate of drug-likeness (QED) is 0.472. The molecule has 3 aromatic carbocycles. The number of nitrogens with one attached hydrogen (secondary N) is 1. The van der Waals surface area contributed by atoms with Crippen LogP contribution < -0.4 is 5.32 Å². The predicted molar refractivity (Wildman–Crippen MR) is 117 cm³/mol. The maximum absolute atomic E-state index is 12.5. The monoisotopic (exact) mass is 396 g/mol. The summed E-state index contributed by atoms with van der Waals surface area (Å²) in [5.74, 6) is 0.530. The fourth-order valence-electron chi connectivity index (χ4n) is 4.19. The van der Waals surface area contributed by atoms with Gasteiger partial charge in [0.2, 0.25) is 0 Å². The van der Waals surface area contributed by atoms with Crippen LogP contribution in [0.4, 0.5) is 10.6 Å². The molecule has 0 saturated carbocycles. The number of phenols is 1. The molecule has 1 aliphatic carbocycles. The maximum atomic E-state index is 12.5. The molecule has 1 aliphatic rings. The van der Waals surface area contributed by atoms with Crippen molar-refractivity contribution >= 4 is 22.8 Å². The standard InChI is InChI=1S/C25H20N2O3/c1-15-12-24(26-23-13-16(28)10-11-17(15)23)27-25(29)30-14-22-20-8-4-2-6-18(20)19-7-3-5-9-21(19)22/h2-13,22,28H,14H2,1H3,(H,26,27,29). The van der Waals surface area contributed by atoms with Gasteiger partial charge < -0.3 is 9.84 Å². The third kappa shape index (κ3) is 3.14. The van der Waals surface area contributed by atoms with Crippen LogP contribution in [0.25, 0.3) is 22.0 Å². The zero-order chi connectivity index (χ0) is 20.7. The molecule has 4 aromatic rings. The van der Waals surface area contributed by atoms with Crippen LogP contribution in [0.1, 0.15) is 22.6 Å². The molecule has 30 heavy (non-hydrogen) atoms. The normalized spacial score (nSPS) is 12.4. The van der Waals surface area contributed by atoms with Crippen LogP contribution in [0.15, 0.2) is 72.8 Å². The Labute approximate surface area is 174 Å². The van der Waals surface area contributed by atoms with Crippen LogP contribution in [-0.2, 0) is 4.74 Å². The first-order valence-corrected chi connectivity index (χ1v) is 9.82. The highest BCUT2D eigenvalue weighted by atomic mass is 16.5. The van der Waals surface area contributed by atoms with E-state index in [1.54, 1.807) is 18.2 Å². The number of aryl methyl sites for hydroxylation is 1. The second kappa shape index (κ2) is 7.19. The average molecular weight is 396 g/mol. The third-order valence-corrected chi connectivity index (χ3v) is 5.57. The van der Waals surface area contributed by atoms with Gasteiger partial charge in [-0.25, -0.2) is 9.78 Å². The van der Waals surface area contributed by atoms with Crippen molar-refractivity contribution in [3.8, 4) is 16.9 Å². The minimum atomic E-state index is -0.553. The second-order valence-electron chi connectivity index (χ2n) is 7.48. The number of carbonyl (C=O) groups is 1. The van der Waals surface area contributed by atoms with E-state index in [9.17, 15) is 9.90 Å². The first-order chi connectivity index (χ1) is 14.6. The fraction of sp³-hybridized carbons (Fsp3) is 0.120.